The number of rotatable bonds is 5. The maximum absolute atomic E-state index is 13.1. The van der Waals surface area contributed by atoms with E-state index in [-0.39, 0.29) is 11.3 Å². The van der Waals surface area contributed by atoms with Gasteiger partial charge in [0.25, 0.3) is 11.7 Å². The Morgan fingerprint density at radius 3 is 2.41 bits per heavy atom. The molecule has 1 fully saturated rings. The fourth-order valence-corrected chi connectivity index (χ4v) is 4.12. The minimum absolute atomic E-state index is 0.0726. The summed E-state index contributed by atoms with van der Waals surface area (Å²) in [4.78, 5) is 27.6. The number of aryl methyl sites for hydroxylation is 1. The molecular weight excluding hydrogens is 478 g/mol. The molecule has 164 valence electrons. The van der Waals surface area contributed by atoms with Crippen LogP contribution in [0.15, 0.2) is 69.1 Å². The zero-order chi connectivity index (χ0) is 23.0. The van der Waals surface area contributed by atoms with E-state index in [1.54, 1.807) is 55.5 Å². The number of ketones is 1. The van der Waals surface area contributed by atoms with Crippen molar-refractivity contribution in [3.8, 4) is 11.5 Å². The molecular formula is C24H20BrNO6. The fourth-order valence-electron chi connectivity index (χ4n) is 3.73. The highest BCUT2D eigenvalue weighted by atomic mass is 79.9. The number of carbonyl (C=O) groups is 2. The monoisotopic (exact) mass is 497 g/mol. The van der Waals surface area contributed by atoms with Gasteiger partial charge in [-0.3, -0.25) is 14.5 Å². The number of benzene rings is 2. The Labute approximate surface area is 193 Å². The Kier molecular flexibility index (Phi) is 5.80. The summed E-state index contributed by atoms with van der Waals surface area (Å²) in [5, 5.41) is 11.2. The number of amides is 1. The molecule has 7 nitrogen and oxygen atoms in total. The number of halogens is 1. The molecule has 2 heterocycles. The molecule has 2 aromatic carbocycles. The van der Waals surface area contributed by atoms with Gasteiger partial charge >= 0.3 is 0 Å². The van der Waals surface area contributed by atoms with Crippen molar-refractivity contribution in [1.29, 1.82) is 0 Å². The number of Topliss-reactive ketones (excluding diaryl/α,β-unsaturated/α-hetero) is 1. The first kappa shape index (κ1) is 21.7. The van der Waals surface area contributed by atoms with Crippen LogP contribution in [0.3, 0.4) is 0 Å². The first-order chi connectivity index (χ1) is 15.3. The van der Waals surface area contributed by atoms with Gasteiger partial charge in [-0.15, -0.1) is 0 Å². The van der Waals surface area contributed by atoms with Gasteiger partial charge in [0.2, 0.25) is 0 Å². The van der Waals surface area contributed by atoms with Crippen molar-refractivity contribution in [2.45, 2.75) is 13.0 Å². The lowest BCUT2D eigenvalue weighted by atomic mass is 9.99. The summed E-state index contributed by atoms with van der Waals surface area (Å²) in [6.07, 6.45) is 0. The Morgan fingerprint density at radius 1 is 1.03 bits per heavy atom. The molecule has 32 heavy (non-hydrogen) atoms. The molecule has 8 heteroatoms. The number of ether oxygens (including phenoxy) is 2. The predicted octanol–water partition coefficient (Wildman–Crippen LogP) is 4.99. The lowest BCUT2D eigenvalue weighted by Gasteiger charge is -2.23. The van der Waals surface area contributed by atoms with Gasteiger partial charge in [-0.2, -0.15) is 0 Å². The maximum Gasteiger partial charge on any atom is 0.300 e. The molecule has 0 spiro atoms. The first-order valence-corrected chi connectivity index (χ1v) is 10.5. The topological polar surface area (TPSA) is 89.2 Å². The summed E-state index contributed by atoms with van der Waals surface area (Å²) >= 11 is 3.40. The molecule has 4 rings (SSSR count). The minimum atomic E-state index is -0.939. The smallest absolute Gasteiger partial charge is 0.300 e. The lowest BCUT2D eigenvalue weighted by Crippen LogP contribution is -2.29. The Bertz CT molecular complexity index is 1240. The SMILES string of the molecule is COc1ccc(/C(O)=C2/C(=O)C(=O)N(c3cccc(Br)c3)C2c2ccc(C)o2)cc1OC. The molecule has 1 unspecified atom stereocenters. The summed E-state index contributed by atoms with van der Waals surface area (Å²) in [6.45, 7) is 1.77. The third kappa shape index (κ3) is 3.67. The maximum atomic E-state index is 13.1. The Hall–Kier alpha value is -3.52. The van der Waals surface area contributed by atoms with Crippen molar-refractivity contribution in [3.63, 3.8) is 0 Å². The van der Waals surface area contributed by atoms with Crippen molar-refractivity contribution in [1.82, 2.24) is 0 Å². The summed E-state index contributed by atoms with van der Waals surface area (Å²) in [5.74, 6) is -0.0731. The molecule has 1 N–H and O–H groups in total. The van der Waals surface area contributed by atoms with Crippen molar-refractivity contribution in [3.05, 3.63) is 81.7 Å². The van der Waals surface area contributed by atoms with Crippen molar-refractivity contribution in [2.75, 3.05) is 19.1 Å². The standard InChI is InChI=1S/C24H20BrNO6/c1-13-7-9-18(32-13)21-20(22(27)14-8-10-17(30-2)19(11-14)31-3)23(28)24(29)26(21)16-6-4-5-15(25)12-16/h4-12,21,27H,1-3H3/b22-20-. The Morgan fingerprint density at radius 2 is 1.78 bits per heavy atom. The largest absolute Gasteiger partial charge is 0.507 e. The van der Waals surface area contributed by atoms with Gasteiger partial charge in [-0.05, 0) is 55.5 Å². The van der Waals surface area contributed by atoms with Gasteiger partial charge in [0.15, 0.2) is 11.5 Å². The molecule has 0 bridgehead atoms. The number of methoxy groups -OCH3 is 2. The summed E-state index contributed by atoms with van der Waals surface area (Å²) in [5.41, 5.74) is 0.728. The third-order valence-corrected chi connectivity index (χ3v) is 5.71. The van der Waals surface area contributed by atoms with Crippen LogP contribution in [0.1, 0.15) is 23.1 Å². The second kappa shape index (κ2) is 8.55. The molecule has 0 saturated carbocycles. The van der Waals surface area contributed by atoms with E-state index in [1.807, 2.05) is 6.07 Å². The van der Waals surface area contributed by atoms with Gasteiger partial charge < -0.3 is 19.0 Å². The second-order valence-electron chi connectivity index (χ2n) is 7.17. The molecule has 3 aromatic rings. The number of nitrogens with zero attached hydrogens (tertiary/aromatic N) is 1. The number of anilines is 1. The van der Waals surface area contributed by atoms with Gasteiger partial charge in [-0.1, -0.05) is 22.0 Å². The van der Waals surface area contributed by atoms with Crippen molar-refractivity contribution in [2.24, 2.45) is 0 Å². The zero-order valence-corrected chi connectivity index (χ0v) is 19.2. The van der Waals surface area contributed by atoms with Crippen LogP contribution in [0.5, 0.6) is 11.5 Å². The number of furan rings is 1. The predicted molar refractivity (Wildman–Crippen MR) is 122 cm³/mol. The molecule has 1 aliphatic rings. The van der Waals surface area contributed by atoms with Crippen LogP contribution in [-0.2, 0) is 9.59 Å². The van der Waals surface area contributed by atoms with E-state index >= 15 is 0 Å². The van der Waals surface area contributed by atoms with Crippen LogP contribution < -0.4 is 14.4 Å². The molecule has 0 radical (unpaired) electrons. The number of hydrogen-bond acceptors (Lipinski definition) is 6. The Balaban J connectivity index is 1.93. The molecule has 1 atom stereocenters. The second-order valence-corrected chi connectivity index (χ2v) is 8.08. The summed E-state index contributed by atoms with van der Waals surface area (Å²) < 4.78 is 17.1. The van der Waals surface area contributed by atoms with Crippen LogP contribution in [-0.4, -0.2) is 31.0 Å². The zero-order valence-electron chi connectivity index (χ0n) is 17.6. The molecule has 1 saturated heterocycles. The van der Waals surface area contributed by atoms with Gasteiger partial charge in [0.05, 0.1) is 19.8 Å². The van der Waals surface area contributed by atoms with Gasteiger partial charge in [-0.25, -0.2) is 0 Å². The van der Waals surface area contributed by atoms with Crippen LogP contribution in [0.4, 0.5) is 5.69 Å². The third-order valence-electron chi connectivity index (χ3n) is 5.22. The molecule has 0 aliphatic carbocycles. The highest BCUT2D eigenvalue weighted by molar-refractivity contribution is 9.10. The molecule has 1 aliphatic heterocycles. The highest BCUT2D eigenvalue weighted by Crippen LogP contribution is 2.43. The van der Waals surface area contributed by atoms with E-state index in [1.165, 1.54) is 19.1 Å². The minimum Gasteiger partial charge on any atom is -0.507 e. The van der Waals surface area contributed by atoms with E-state index < -0.39 is 17.7 Å². The van der Waals surface area contributed by atoms with Crippen molar-refractivity contribution >= 4 is 39.1 Å². The van der Waals surface area contributed by atoms with E-state index in [9.17, 15) is 14.7 Å². The molecule has 1 amide bonds. The van der Waals surface area contributed by atoms with Crippen LogP contribution >= 0.6 is 15.9 Å². The average molecular weight is 498 g/mol. The first-order valence-electron chi connectivity index (χ1n) is 9.71. The van der Waals surface area contributed by atoms with E-state index in [2.05, 4.69) is 15.9 Å². The molecule has 1 aromatic heterocycles. The lowest BCUT2D eigenvalue weighted by molar-refractivity contribution is -0.132. The van der Waals surface area contributed by atoms with Crippen molar-refractivity contribution < 1.29 is 28.6 Å². The average Bonchev–Trinajstić information content (AvgIpc) is 3.33. The van der Waals surface area contributed by atoms with E-state index in [0.29, 0.717) is 34.3 Å². The van der Waals surface area contributed by atoms with Crippen LogP contribution in [0.2, 0.25) is 0 Å². The number of hydrogen-bond donors (Lipinski definition) is 1. The highest BCUT2D eigenvalue weighted by Gasteiger charge is 2.48. The normalized spacial score (nSPS) is 17.6. The summed E-state index contributed by atoms with van der Waals surface area (Å²) in [7, 11) is 2.97. The van der Waals surface area contributed by atoms with Crippen LogP contribution in [0.25, 0.3) is 5.76 Å². The number of carbonyl (C=O) groups excluding carboxylic acids is 2. The fraction of sp³-hybridized carbons (Fsp3) is 0.167. The van der Waals surface area contributed by atoms with Gasteiger partial charge in [0, 0.05) is 15.7 Å². The quantitative estimate of drug-likeness (QED) is 0.303. The van der Waals surface area contributed by atoms with Crippen LogP contribution in [0, 0.1) is 6.92 Å². The van der Waals surface area contributed by atoms with E-state index in [4.69, 9.17) is 13.9 Å². The van der Waals surface area contributed by atoms with Gasteiger partial charge in [0.1, 0.15) is 23.3 Å². The number of aliphatic hydroxyl groups is 1. The number of aliphatic hydroxyl groups excluding tert-OH is 1. The summed E-state index contributed by atoms with van der Waals surface area (Å²) in [6, 6.07) is 14.3. The van der Waals surface area contributed by atoms with E-state index in [0.717, 1.165) is 4.47 Å².